The summed E-state index contributed by atoms with van der Waals surface area (Å²) in [6.07, 6.45) is 8.28. The lowest BCUT2D eigenvalue weighted by molar-refractivity contribution is 0.446. The Labute approximate surface area is 100 Å². The lowest BCUT2D eigenvalue weighted by atomic mass is 10.1. The minimum atomic E-state index is 0.786. The van der Waals surface area contributed by atoms with Crippen LogP contribution in [0.1, 0.15) is 45.6 Å². The molecule has 1 aromatic heterocycles. The normalized spacial score (nSPS) is 12.9. The molecule has 0 saturated heterocycles. The summed E-state index contributed by atoms with van der Waals surface area (Å²) in [6.45, 7) is 10.1. The average Bonchev–Trinajstić information content (AvgIpc) is 2.66. The fraction of sp³-hybridized carbons (Fsp3) is 0.714. The molecular formula is C14H26N2. The number of nitrogens with one attached hydrogen (secondary N) is 1. The quantitative estimate of drug-likeness (QED) is 0.667. The van der Waals surface area contributed by atoms with E-state index in [1.807, 2.05) is 0 Å². The van der Waals surface area contributed by atoms with Crippen molar-refractivity contribution >= 4 is 0 Å². The van der Waals surface area contributed by atoms with Gasteiger partial charge in [-0.1, -0.05) is 27.2 Å². The second-order valence-electron chi connectivity index (χ2n) is 4.79. The summed E-state index contributed by atoms with van der Waals surface area (Å²) in [4.78, 5) is 0. The maximum Gasteiger partial charge on any atom is 0.0245 e. The Morgan fingerprint density at radius 2 is 2.12 bits per heavy atom. The molecule has 1 aromatic rings. The number of rotatable bonds is 8. The van der Waals surface area contributed by atoms with Crippen LogP contribution in [0.2, 0.25) is 0 Å². The van der Waals surface area contributed by atoms with Crippen molar-refractivity contribution < 1.29 is 0 Å². The molecule has 1 N–H and O–H groups in total. The topological polar surface area (TPSA) is 17.0 Å². The Morgan fingerprint density at radius 1 is 1.31 bits per heavy atom. The van der Waals surface area contributed by atoms with E-state index >= 15 is 0 Å². The van der Waals surface area contributed by atoms with Gasteiger partial charge < -0.3 is 9.88 Å². The van der Waals surface area contributed by atoms with Gasteiger partial charge in [-0.3, -0.25) is 0 Å². The first-order valence-electron chi connectivity index (χ1n) is 6.61. The van der Waals surface area contributed by atoms with Crippen LogP contribution in [0.15, 0.2) is 18.5 Å². The average molecular weight is 222 g/mol. The molecule has 0 aliphatic rings. The van der Waals surface area contributed by atoms with Gasteiger partial charge in [0, 0.05) is 25.5 Å². The van der Waals surface area contributed by atoms with Gasteiger partial charge in [0.1, 0.15) is 0 Å². The Balaban J connectivity index is 2.33. The third-order valence-corrected chi connectivity index (χ3v) is 2.87. The molecule has 0 radical (unpaired) electrons. The third-order valence-electron chi connectivity index (χ3n) is 2.87. The molecule has 0 bridgehead atoms. The van der Waals surface area contributed by atoms with Crippen LogP contribution in [-0.2, 0) is 13.1 Å². The van der Waals surface area contributed by atoms with E-state index in [1.165, 1.54) is 24.8 Å². The summed E-state index contributed by atoms with van der Waals surface area (Å²) in [5, 5.41) is 3.43. The van der Waals surface area contributed by atoms with Gasteiger partial charge in [0.2, 0.25) is 0 Å². The summed E-state index contributed by atoms with van der Waals surface area (Å²) >= 11 is 0. The van der Waals surface area contributed by atoms with E-state index in [4.69, 9.17) is 0 Å². The van der Waals surface area contributed by atoms with Crippen molar-refractivity contribution in [2.24, 2.45) is 5.92 Å². The molecule has 0 amide bonds. The first kappa shape index (κ1) is 13.3. The minimum absolute atomic E-state index is 0.786. The Bertz CT molecular complexity index is 278. The zero-order valence-corrected chi connectivity index (χ0v) is 11.0. The maximum atomic E-state index is 3.43. The van der Waals surface area contributed by atoms with Crippen molar-refractivity contribution in [2.45, 2.75) is 53.1 Å². The van der Waals surface area contributed by atoms with Gasteiger partial charge in [-0.15, -0.1) is 0 Å². The van der Waals surface area contributed by atoms with Crippen molar-refractivity contribution in [1.82, 2.24) is 9.88 Å². The van der Waals surface area contributed by atoms with Crippen molar-refractivity contribution in [2.75, 3.05) is 6.54 Å². The zero-order chi connectivity index (χ0) is 11.8. The van der Waals surface area contributed by atoms with Crippen LogP contribution in [0.4, 0.5) is 0 Å². The van der Waals surface area contributed by atoms with Gasteiger partial charge in [0.05, 0.1) is 0 Å². The van der Waals surface area contributed by atoms with Gasteiger partial charge in [-0.2, -0.15) is 0 Å². The summed E-state index contributed by atoms with van der Waals surface area (Å²) < 4.78 is 2.32. The summed E-state index contributed by atoms with van der Waals surface area (Å²) in [7, 11) is 0. The molecule has 0 saturated carbocycles. The molecule has 92 valence electrons. The summed E-state index contributed by atoms with van der Waals surface area (Å²) in [5.74, 6) is 0.786. The van der Waals surface area contributed by atoms with E-state index in [-0.39, 0.29) is 0 Å². The van der Waals surface area contributed by atoms with E-state index in [9.17, 15) is 0 Å². The van der Waals surface area contributed by atoms with E-state index in [2.05, 4.69) is 49.1 Å². The lowest BCUT2D eigenvalue weighted by Gasteiger charge is -2.10. The second-order valence-corrected chi connectivity index (χ2v) is 4.79. The van der Waals surface area contributed by atoms with Crippen molar-refractivity contribution in [1.29, 1.82) is 0 Å². The van der Waals surface area contributed by atoms with Crippen molar-refractivity contribution in [3.63, 3.8) is 0 Å². The Kier molecular flexibility index (Phi) is 6.24. The summed E-state index contributed by atoms with van der Waals surface area (Å²) in [6, 6.07) is 2.22. The SMILES string of the molecule is CCCNCc1ccn(CC(C)CCC)c1. The number of nitrogens with zero attached hydrogens (tertiary/aromatic N) is 1. The highest BCUT2D eigenvalue weighted by Crippen LogP contribution is 2.10. The minimum Gasteiger partial charge on any atom is -0.354 e. The van der Waals surface area contributed by atoms with Gasteiger partial charge in [0.15, 0.2) is 0 Å². The first-order valence-corrected chi connectivity index (χ1v) is 6.61. The molecule has 1 atom stereocenters. The van der Waals surface area contributed by atoms with Crippen molar-refractivity contribution in [3.8, 4) is 0 Å². The van der Waals surface area contributed by atoms with E-state index in [0.29, 0.717) is 0 Å². The predicted molar refractivity (Wildman–Crippen MR) is 70.5 cm³/mol. The van der Waals surface area contributed by atoms with E-state index < -0.39 is 0 Å². The van der Waals surface area contributed by atoms with Crippen LogP contribution in [-0.4, -0.2) is 11.1 Å². The third kappa shape index (κ3) is 4.84. The highest BCUT2D eigenvalue weighted by molar-refractivity contribution is 5.09. The molecule has 1 rings (SSSR count). The second kappa shape index (κ2) is 7.50. The zero-order valence-electron chi connectivity index (χ0n) is 11.0. The molecule has 2 heteroatoms. The van der Waals surface area contributed by atoms with E-state index in [1.54, 1.807) is 0 Å². The molecule has 0 aliphatic heterocycles. The monoisotopic (exact) mass is 222 g/mol. The van der Waals surface area contributed by atoms with Gasteiger partial charge in [0.25, 0.3) is 0 Å². The molecule has 0 aliphatic carbocycles. The van der Waals surface area contributed by atoms with Crippen LogP contribution in [0.3, 0.4) is 0 Å². The smallest absolute Gasteiger partial charge is 0.0245 e. The highest BCUT2D eigenvalue weighted by atomic mass is 14.9. The predicted octanol–water partition coefficient (Wildman–Crippen LogP) is 3.42. The Morgan fingerprint density at radius 3 is 2.81 bits per heavy atom. The molecule has 2 nitrogen and oxygen atoms in total. The number of hydrogen-bond donors (Lipinski definition) is 1. The molecular weight excluding hydrogens is 196 g/mol. The molecule has 0 aromatic carbocycles. The number of hydrogen-bond acceptors (Lipinski definition) is 1. The van der Waals surface area contributed by atoms with Gasteiger partial charge in [-0.25, -0.2) is 0 Å². The van der Waals surface area contributed by atoms with Crippen LogP contribution >= 0.6 is 0 Å². The molecule has 1 heterocycles. The van der Waals surface area contributed by atoms with Crippen LogP contribution in [0.25, 0.3) is 0 Å². The Hall–Kier alpha value is -0.760. The van der Waals surface area contributed by atoms with Crippen LogP contribution < -0.4 is 5.32 Å². The standard InChI is InChI=1S/C14H26N2/c1-4-6-13(3)11-16-9-7-14(12-16)10-15-8-5-2/h7,9,12-13,15H,4-6,8,10-11H2,1-3H3. The summed E-state index contributed by atoms with van der Waals surface area (Å²) in [5.41, 5.74) is 1.40. The number of aromatic nitrogens is 1. The fourth-order valence-electron chi connectivity index (χ4n) is 2.06. The maximum absolute atomic E-state index is 3.43. The van der Waals surface area contributed by atoms with Gasteiger partial charge in [-0.05, 0) is 36.9 Å². The molecule has 0 fully saturated rings. The largest absolute Gasteiger partial charge is 0.354 e. The van der Waals surface area contributed by atoms with E-state index in [0.717, 1.165) is 25.6 Å². The van der Waals surface area contributed by atoms with Crippen molar-refractivity contribution in [3.05, 3.63) is 24.0 Å². The molecule has 1 unspecified atom stereocenters. The fourth-order valence-corrected chi connectivity index (χ4v) is 2.06. The molecule has 16 heavy (non-hydrogen) atoms. The molecule has 0 spiro atoms. The lowest BCUT2D eigenvalue weighted by Crippen LogP contribution is -2.13. The van der Waals surface area contributed by atoms with Crippen LogP contribution in [0, 0.1) is 5.92 Å². The van der Waals surface area contributed by atoms with Gasteiger partial charge >= 0.3 is 0 Å². The van der Waals surface area contributed by atoms with Crippen LogP contribution in [0.5, 0.6) is 0 Å². The first-order chi connectivity index (χ1) is 7.76. The highest BCUT2D eigenvalue weighted by Gasteiger charge is 2.02.